The molecule has 3 N–H and O–H groups in total. The van der Waals surface area contributed by atoms with Crippen LogP contribution < -0.4 is 20.5 Å². The Labute approximate surface area is 203 Å². The summed E-state index contributed by atoms with van der Waals surface area (Å²) >= 11 is 0. The Bertz CT molecular complexity index is 1360. The van der Waals surface area contributed by atoms with Crippen LogP contribution in [0.25, 0.3) is 21.7 Å². The quantitative estimate of drug-likeness (QED) is 0.440. The number of ether oxygens (including phenoxy) is 2. The third-order valence-corrected chi connectivity index (χ3v) is 6.11. The second-order valence-electron chi connectivity index (χ2n) is 8.34. The highest BCUT2D eigenvalue weighted by molar-refractivity contribution is 5.96. The summed E-state index contributed by atoms with van der Waals surface area (Å²) in [5.74, 6) is 1.37. The molecule has 2 amide bonds. The summed E-state index contributed by atoms with van der Waals surface area (Å²) < 4.78 is 11.2. The van der Waals surface area contributed by atoms with Crippen molar-refractivity contribution in [1.82, 2.24) is 15.3 Å². The molecule has 0 spiro atoms. The first-order chi connectivity index (χ1) is 17.0. The van der Waals surface area contributed by atoms with Crippen LogP contribution in [0.2, 0.25) is 0 Å². The standard InChI is InChI=1S/C17H20N2O3.C10H8N2O/c1-3-11-8-16(20)19-15(11)10-22-17-14-9-13(21-2)5-4-12(14)6-7-18-17;11-10(13)8-3-4-9-7(6-8)2-1-5-12-9/h4-7,9,11,15H,3,8,10H2,1-2H3,(H,19,20);1-6H,(H2,11,13)/t11-,15-;/m1./s1. The van der Waals surface area contributed by atoms with Gasteiger partial charge >= 0.3 is 0 Å². The summed E-state index contributed by atoms with van der Waals surface area (Å²) in [5, 5.41) is 5.87. The maximum absolute atomic E-state index is 11.5. The van der Waals surface area contributed by atoms with Crippen molar-refractivity contribution in [1.29, 1.82) is 0 Å². The zero-order valence-corrected chi connectivity index (χ0v) is 19.7. The van der Waals surface area contributed by atoms with Crippen molar-refractivity contribution in [2.75, 3.05) is 13.7 Å². The number of fused-ring (bicyclic) bond motifs is 2. The number of nitrogens with zero attached hydrogens (tertiary/aromatic N) is 2. The molecular weight excluding hydrogens is 444 g/mol. The van der Waals surface area contributed by atoms with Gasteiger partial charge in [0.1, 0.15) is 12.4 Å². The lowest BCUT2D eigenvalue weighted by Gasteiger charge is -2.18. The Morgan fingerprint density at radius 3 is 2.71 bits per heavy atom. The van der Waals surface area contributed by atoms with Crippen LogP contribution in [0.4, 0.5) is 0 Å². The van der Waals surface area contributed by atoms with E-state index < -0.39 is 5.91 Å². The van der Waals surface area contributed by atoms with Gasteiger partial charge in [-0.2, -0.15) is 0 Å². The molecule has 3 heterocycles. The molecule has 0 unspecified atom stereocenters. The van der Waals surface area contributed by atoms with E-state index in [0.29, 0.717) is 30.4 Å². The Kier molecular flexibility index (Phi) is 7.40. The molecule has 180 valence electrons. The fourth-order valence-corrected chi connectivity index (χ4v) is 4.13. The summed E-state index contributed by atoms with van der Waals surface area (Å²) in [4.78, 5) is 30.8. The third-order valence-electron chi connectivity index (χ3n) is 6.11. The molecule has 0 aliphatic carbocycles. The van der Waals surface area contributed by atoms with E-state index in [0.717, 1.165) is 33.8 Å². The number of aromatic nitrogens is 2. The van der Waals surface area contributed by atoms with Crippen LogP contribution in [0.3, 0.4) is 0 Å². The predicted octanol–water partition coefficient (Wildman–Crippen LogP) is 3.87. The number of rotatable bonds is 6. The van der Waals surface area contributed by atoms with Crippen LogP contribution in [0.15, 0.2) is 67.0 Å². The number of nitrogens with one attached hydrogen (secondary N) is 1. The average molecular weight is 473 g/mol. The van der Waals surface area contributed by atoms with Gasteiger partial charge in [-0.15, -0.1) is 0 Å². The number of hydrogen-bond acceptors (Lipinski definition) is 6. The molecule has 0 bridgehead atoms. The van der Waals surface area contributed by atoms with Gasteiger partial charge < -0.3 is 20.5 Å². The van der Waals surface area contributed by atoms with Crippen molar-refractivity contribution in [3.05, 3.63) is 72.6 Å². The highest BCUT2D eigenvalue weighted by Gasteiger charge is 2.31. The number of carbonyl (C=O) groups is 2. The van der Waals surface area contributed by atoms with Gasteiger partial charge in [0.05, 0.1) is 18.7 Å². The number of primary amides is 1. The van der Waals surface area contributed by atoms with Crippen molar-refractivity contribution in [2.24, 2.45) is 11.7 Å². The molecule has 35 heavy (non-hydrogen) atoms. The first kappa shape index (κ1) is 23.9. The zero-order valence-electron chi connectivity index (χ0n) is 19.7. The molecule has 8 heteroatoms. The van der Waals surface area contributed by atoms with Crippen molar-refractivity contribution in [3.8, 4) is 11.6 Å². The lowest BCUT2D eigenvalue weighted by Crippen LogP contribution is -2.34. The second-order valence-corrected chi connectivity index (χ2v) is 8.34. The first-order valence-electron chi connectivity index (χ1n) is 11.5. The van der Waals surface area contributed by atoms with E-state index in [9.17, 15) is 9.59 Å². The van der Waals surface area contributed by atoms with E-state index in [4.69, 9.17) is 15.2 Å². The number of amides is 2. The van der Waals surface area contributed by atoms with Crippen molar-refractivity contribution in [3.63, 3.8) is 0 Å². The molecule has 1 fully saturated rings. The molecule has 2 aromatic carbocycles. The summed E-state index contributed by atoms with van der Waals surface area (Å²) in [6.45, 7) is 2.53. The minimum Gasteiger partial charge on any atom is -0.497 e. The Morgan fingerprint density at radius 2 is 1.94 bits per heavy atom. The average Bonchev–Trinajstić information content (AvgIpc) is 3.26. The van der Waals surface area contributed by atoms with Gasteiger partial charge in [-0.1, -0.05) is 25.5 Å². The lowest BCUT2D eigenvalue weighted by atomic mass is 9.98. The van der Waals surface area contributed by atoms with Crippen LogP contribution in [-0.4, -0.2) is 41.5 Å². The van der Waals surface area contributed by atoms with E-state index in [2.05, 4.69) is 22.2 Å². The molecular formula is C27H28N4O4. The number of methoxy groups -OCH3 is 1. The smallest absolute Gasteiger partial charge is 0.248 e. The number of hydrogen-bond donors (Lipinski definition) is 2. The van der Waals surface area contributed by atoms with Crippen LogP contribution in [-0.2, 0) is 4.79 Å². The lowest BCUT2D eigenvalue weighted by molar-refractivity contribution is -0.119. The second kappa shape index (κ2) is 10.8. The van der Waals surface area contributed by atoms with Crippen molar-refractivity contribution >= 4 is 33.5 Å². The van der Waals surface area contributed by atoms with Crippen molar-refractivity contribution in [2.45, 2.75) is 25.8 Å². The molecule has 1 aliphatic heterocycles. The highest BCUT2D eigenvalue weighted by Crippen LogP contribution is 2.28. The summed E-state index contributed by atoms with van der Waals surface area (Å²) in [6, 6.07) is 16.7. The van der Waals surface area contributed by atoms with E-state index >= 15 is 0 Å². The molecule has 1 aliphatic rings. The van der Waals surface area contributed by atoms with E-state index in [1.54, 1.807) is 37.7 Å². The van der Waals surface area contributed by atoms with Crippen LogP contribution >= 0.6 is 0 Å². The number of nitrogens with two attached hydrogens (primary N) is 1. The van der Waals surface area contributed by atoms with Crippen LogP contribution in [0.5, 0.6) is 11.6 Å². The molecule has 5 rings (SSSR count). The summed E-state index contributed by atoms with van der Waals surface area (Å²) in [6.07, 6.45) is 4.99. The summed E-state index contributed by atoms with van der Waals surface area (Å²) in [5.41, 5.74) is 6.53. The SMILES string of the molecule is CC[C@@H]1CC(=O)N[C@@H]1COc1nccc2ccc(OC)cc12.NC(=O)c1ccc2ncccc2c1. The summed E-state index contributed by atoms with van der Waals surface area (Å²) in [7, 11) is 1.64. The van der Waals surface area contributed by atoms with Gasteiger partial charge in [0.2, 0.25) is 17.7 Å². The molecule has 1 saturated heterocycles. The van der Waals surface area contributed by atoms with E-state index in [1.165, 1.54) is 0 Å². The molecule has 8 nitrogen and oxygen atoms in total. The number of pyridine rings is 2. The monoisotopic (exact) mass is 472 g/mol. The van der Waals surface area contributed by atoms with Gasteiger partial charge in [0.25, 0.3) is 0 Å². The minimum atomic E-state index is -0.411. The maximum Gasteiger partial charge on any atom is 0.248 e. The third kappa shape index (κ3) is 5.66. The first-order valence-corrected chi connectivity index (χ1v) is 11.5. The Balaban J connectivity index is 0.000000189. The number of benzene rings is 2. The Morgan fingerprint density at radius 1 is 1.09 bits per heavy atom. The van der Waals surface area contributed by atoms with Gasteiger partial charge in [0.15, 0.2) is 0 Å². The molecule has 2 atom stereocenters. The minimum absolute atomic E-state index is 0.0557. The van der Waals surface area contributed by atoms with E-state index in [-0.39, 0.29) is 11.9 Å². The molecule has 0 radical (unpaired) electrons. The molecule has 2 aromatic heterocycles. The van der Waals surface area contributed by atoms with Crippen LogP contribution in [0, 0.1) is 5.92 Å². The zero-order chi connectivity index (χ0) is 24.8. The molecule has 0 saturated carbocycles. The topological polar surface area (TPSA) is 116 Å². The van der Waals surface area contributed by atoms with E-state index in [1.807, 2.05) is 36.4 Å². The molecule has 4 aromatic rings. The highest BCUT2D eigenvalue weighted by atomic mass is 16.5. The predicted molar refractivity (Wildman–Crippen MR) is 134 cm³/mol. The largest absolute Gasteiger partial charge is 0.497 e. The van der Waals surface area contributed by atoms with Gasteiger partial charge in [-0.05, 0) is 53.8 Å². The van der Waals surface area contributed by atoms with Gasteiger partial charge in [0, 0.05) is 35.2 Å². The van der Waals surface area contributed by atoms with Gasteiger partial charge in [-0.3, -0.25) is 14.6 Å². The normalized spacial score (nSPS) is 16.9. The fraction of sp³-hybridized carbons (Fsp3) is 0.259. The number of carbonyl (C=O) groups excluding carboxylic acids is 2. The maximum atomic E-state index is 11.5. The van der Waals surface area contributed by atoms with Gasteiger partial charge in [-0.25, -0.2) is 4.98 Å². The van der Waals surface area contributed by atoms with Crippen molar-refractivity contribution < 1.29 is 19.1 Å². The van der Waals surface area contributed by atoms with Crippen LogP contribution in [0.1, 0.15) is 30.1 Å². The fourth-order valence-electron chi connectivity index (χ4n) is 4.13. The Hall–Kier alpha value is -4.20.